The number of aryl methyl sites for hydroxylation is 1. The molecule has 0 atom stereocenters. The maximum Gasteiger partial charge on any atom is 0.410 e. The van der Waals surface area contributed by atoms with E-state index in [9.17, 15) is 14.9 Å². The largest absolute Gasteiger partial charge is 0.465 e. The first-order valence-electron chi connectivity index (χ1n) is 10.5. The number of carboxylic acid groups (broad SMARTS) is 1. The lowest BCUT2D eigenvalue weighted by Crippen LogP contribution is -2.32. The van der Waals surface area contributed by atoms with Gasteiger partial charge in [0, 0.05) is 17.3 Å². The van der Waals surface area contributed by atoms with Gasteiger partial charge in [0.2, 0.25) is 0 Å². The van der Waals surface area contributed by atoms with Crippen LogP contribution in [0, 0.1) is 18.3 Å². The van der Waals surface area contributed by atoms with Crippen LogP contribution in [0.25, 0.3) is 0 Å². The van der Waals surface area contributed by atoms with Crippen molar-refractivity contribution < 1.29 is 19.4 Å². The van der Waals surface area contributed by atoms with Crippen molar-refractivity contribution >= 4 is 40.8 Å². The minimum absolute atomic E-state index is 0.0975. The first-order valence-corrected chi connectivity index (χ1v) is 10.9. The predicted molar refractivity (Wildman–Crippen MR) is 136 cm³/mol. The lowest BCUT2D eigenvalue weighted by atomic mass is 9.85. The molecule has 1 heterocycles. The lowest BCUT2D eigenvalue weighted by Gasteiger charge is -2.17. The molecule has 0 fully saturated rings. The fourth-order valence-corrected chi connectivity index (χ4v) is 3.18. The number of carbonyl (C=O) groups excluding carboxylic acids is 1. The van der Waals surface area contributed by atoms with Gasteiger partial charge in [-0.05, 0) is 74.4 Å². The average Bonchev–Trinajstić information content (AvgIpc) is 2.82. The quantitative estimate of drug-likeness (QED) is 0.347. The lowest BCUT2D eigenvalue weighted by molar-refractivity contribution is 0.102. The SMILES string of the molecule is Cc1ccc(NC(=O)c2cccc(C(C)(C)C#N)c2)cc1Oc1ccc(NC(=S)NC(=O)O)nc1. The first kappa shape index (κ1) is 25.1. The fourth-order valence-electron chi connectivity index (χ4n) is 2.99. The standard InChI is InChI=1S/C25H23N5O4S/c1-15-7-8-18(28-22(31)16-5-4-6-17(11-16)25(2,3)14-26)12-20(15)34-19-9-10-21(27-13-19)29-23(35)30-24(32)33/h4-13H,1-3H3,(H,28,31)(H,32,33)(H2,27,29,30,35). The highest BCUT2D eigenvalue weighted by Gasteiger charge is 2.21. The van der Waals surface area contributed by atoms with Gasteiger partial charge in [0.05, 0.1) is 17.7 Å². The highest BCUT2D eigenvalue weighted by Crippen LogP contribution is 2.29. The molecule has 0 spiro atoms. The number of benzene rings is 2. The van der Waals surface area contributed by atoms with Crippen molar-refractivity contribution in [3.05, 3.63) is 77.5 Å². The summed E-state index contributed by atoms with van der Waals surface area (Å²) in [6, 6.07) is 17.7. The van der Waals surface area contributed by atoms with Crippen LogP contribution < -0.4 is 20.7 Å². The molecule has 2 amide bonds. The predicted octanol–water partition coefficient (Wildman–Crippen LogP) is 5.20. The number of aromatic nitrogens is 1. The van der Waals surface area contributed by atoms with Crippen LogP contribution in [-0.4, -0.2) is 27.2 Å². The second kappa shape index (κ2) is 10.6. The molecule has 10 heteroatoms. The third-order valence-electron chi connectivity index (χ3n) is 5.00. The summed E-state index contributed by atoms with van der Waals surface area (Å²) in [4.78, 5) is 27.6. The summed E-state index contributed by atoms with van der Waals surface area (Å²) in [5.74, 6) is 0.993. The van der Waals surface area contributed by atoms with Crippen LogP contribution >= 0.6 is 12.2 Å². The molecule has 0 saturated carbocycles. The minimum atomic E-state index is -1.27. The van der Waals surface area contributed by atoms with Gasteiger partial charge in [0.1, 0.15) is 17.3 Å². The third kappa shape index (κ3) is 6.75. The summed E-state index contributed by atoms with van der Waals surface area (Å²) in [7, 11) is 0. The molecule has 0 radical (unpaired) electrons. The molecule has 0 saturated heterocycles. The Hall–Kier alpha value is -4.49. The van der Waals surface area contributed by atoms with Gasteiger partial charge in [0.15, 0.2) is 5.11 Å². The van der Waals surface area contributed by atoms with Crippen LogP contribution in [0.2, 0.25) is 0 Å². The fraction of sp³-hybridized carbons (Fsp3) is 0.160. The molecular weight excluding hydrogens is 466 g/mol. The number of nitriles is 1. The van der Waals surface area contributed by atoms with E-state index in [2.05, 4.69) is 21.7 Å². The molecular formula is C25H23N5O4S. The molecule has 178 valence electrons. The molecule has 0 aliphatic carbocycles. The Balaban J connectivity index is 1.71. The molecule has 9 nitrogen and oxygen atoms in total. The molecule has 3 rings (SSSR count). The summed E-state index contributed by atoms with van der Waals surface area (Å²) in [5.41, 5.74) is 1.87. The topological polar surface area (TPSA) is 136 Å². The molecule has 35 heavy (non-hydrogen) atoms. The van der Waals surface area contributed by atoms with Gasteiger partial charge >= 0.3 is 6.09 Å². The van der Waals surface area contributed by atoms with Crippen LogP contribution in [0.3, 0.4) is 0 Å². The molecule has 0 unspecified atom stereocenters. The van der Waals surface area contributed by atoms with Crippen molar-refractivity contribution in [2.45, 2.75) is 26.2 Å². The number of hydrogen-bond acceptors (Lipinski definition) is 6. The summed E-state index contributed by atoms with van der Waals surface area (Å²) in [6.45, 7) is 5.46. The maximum atomic E-state index is 12.8. The molecule has 2 aromatic carbocycles. The molecule has 4 N–H and O–H groups in total. The van der Waals surface area contributed by atoms with E-state index >= 15 is 0 Å². The summed E-state index contributed by atoms with van der Waals surface area (Å²) >= 11 is 4.86. The molecule has 0 bridgehead atoms. The number of rotatable bonds is 6. The van der Waals surface area contributed by atoms with E-state index in [4.69, 9.17) is 22.1 Å². The third-order valence-corrected chi connectivity index (χ3v) is 5.20. The Morgan fingerprint density at radius 3 is 2.54 bits per heavy atom. The Labute approximate surface area is 207 Å². The molecule has 3 aromatic rings. The highest BCUT2D eigenvalue weighted by molar-refractivity contribution is 7.80. The number of carbonyl (C=O) groups is 2. The molecule has 0 aliphatic rings. The van der Waals surface area contributed by atoms with E-state index in [-0.39, 0.29) is 11.0 Å². The Bertz CT molecular complexity index is 1320. The maximum absolute atomic E-state index is 12.8. The summed E-state index contributed by atoms with van der Waals surface area (Å²) in [5, 5.41) is 25.5. The van der Waals surface area contributed by atoms with Crippen LogP contribution in [0.15, 0.2) is 60.8 Å². The van der Waals surface area contributed by atoms with Gasteiger partial charge in [-0.25, -0.2) is 9.78 Å². The highest BCUT2D eigenvalue weighted by atomic mass is 32.1. The van der Waals surface area contributed by atoms with E-state index in [1.54, 1.807) is 56.3 Å². The van der Waals surface area contributed by atoms with Gasteiger partial charge in [-0.1, -0.05) is 18.2 Å². The Morgan fingerprint density at radius 1 is 1.11 bits per heavy atom. The first-order chi connectivity index (χ1) is 16.6. The van der Waals surface area contributed by atoms with Crippen LogP contribution in [0.1, 0.15) is 35.3 Å². The van der Waals surface area contributed by atoms with E-state index in [1.165, 1.54) is 6.20 Å². The summed E-state index contributed by atoms with van der Waals surface area (Å²) in [6.07, 6.45) is 0.183. The number of pyridine rings is 1. The minimum Gasteiger partial charge on any atom is -0.465 e. The molecule has 0 aliphatic heterocycles. The summed E-state index contributed by atoms with van der Waals surface area (Å²) < 4.78 is 5.92. The number of ether oxygens (including phenoxy) is 1. The van der Waals surface area contributed by atoms with E-state index in [0.29, 0.717) is 28.6 Å². The van der Waals surface area contributed by atoms with E-state index in [1.807, 2.05) is 24.4 Å². The smallest absolute Gasteiger partial charge is 0.410 e. The zero-order chi connectivity index (χ0) is 25.6. The zero-order valence-corrected chi connectivity index (χ0v) is 20.1. The second-order valence-corrected chi connectivity index (χ2v) is 8.53. The number of nitrogens with one attached hydrogen (secondary N) is 3. The van der Waals surface area contributed by atoms with Crippen LogP contribution in [0.5, 0.6) is 11.5 Å². The van der Waals surface area contributed by atoms with Crippen molar-refractivity contribution in [2.75, 3.05) is 10.6 Å². The van der Waals surface area contributed by atoms with Crippen molar-refractivity contribution in [3.8, 4) is 17.6 Å². The molecule has 1 aromatic heterocycles. The zero-order valence-electron chi connectivity index (χ0n) is 19.2. The van der Waals surface area contributed by atoms with Gasteiger partial charge in [-0.2, -0.15) is 5.26 Å². The normalized spacial score (nSPS) is 10.6. The number of anilines is 2. The number of amides is 2. The second-order valence-electron chi connectivity index (χ2n) is 8.12. The Morgan fingerprint density at radius 2 is 1.89 bits per heavy atom. The van der Waals surface area contributed by atoms with Crippen LogP contribution in [0.4, 0.5) is 16.3 Å². The number of thiocarbonyl (C=S) groups is 1. The van der Waals surface area contributed by atoms with E-state index in [0.717, 1.165) is 11.1 Å². The van der Waals surface area contributed by atoms with Crippen molar-refractivity contribution in [2.24, 2.45) is 0 Å². The van der Waals surface area contributed by atoms with E-state index < -0.39 is 11.5 Å². The van der Waals surface area contributed by atoms with Gasteiger partial charge in [0.25, 0.3) is 5.91 Å². The van der Waals surface area contributed by atoms with Gasteiger partial charge in [-0.3, -0.25) is 10.1 Å². The monoisotopic (exact) mass is 489 g/mol. The Kier molecular flexibility index (Phi) is 7.63. The average molecular weight is 490 g/mol. The van der Waals surface area contributed by atoms with Crippen molar-refractivity contribution in [1.29, 1.82) is 5.26 Å². The van der Waals surface area contributed by atoms with Gasteiger partial charge < -0.3 is 20.5 Å². The number of nitrogens with zero attached hydrogens (tertiary/aromatic N) is 2. The van der Waals surface area contributed by atoms with Gasteiger partial charge in [-0.15, -0.1) is 0 Å². The number of hydrogen-bond donors (Lipinski definition) is 4. The van der Waals surface area contributed by atoms with Crippen LogP contribution in [-0.2, 0) is 5.41 Å². The van der Waals surface area contributed by atoms with Crippen molar-refractivity contribution in [1.82, 2.24) is 10.3 Å². The van der Waals surface area contributed by atoms with Crippen molar-refractivity contribution in [3.63, 3.8) is 0 Å².